The molecule has 2 N–H and O–H groups in total. The SMILES string of the molecule is CCCS(=O)(=O)Nc1ccc(F)c(C(=O)c2c[nH]c3ncc(-c4ccc(CCCC(C)C)nc4)cc23)c1F. The van der Waals surface area contributed by atoms with Gasteiger partial charge in [-0.05, 0) is 49.4 Å². The summed E-state index contributed by atoms with van der Waals surface area (Å²) < 4.78 is 56.3. The van der Waals surface area contributed by atoms with Crippen molar-refractivity contribution in [2.75, 3.05) is 10.5 Å². The van der Waals surface area contributed by atoms with Crippen molar-refractivity contribution in [3.63, 3.8) is 0 Å². The second kappa shape index (κ2) is 11.4. The maximum Gasteiger partial charge on any atom is 0.232 e. The Morgan fingerprint density at radius 1 is 1.08 bits per heavy atom. The lowest BCUT2D eigenvalue weighted by atomic mass is 10.00. The zero-order valence-corrected chi connectivity index (χ0v) is 22.3. The second-order valence-corrected chi connectivity index (χ2v) is 11.5. The van der Waals surface area contributed by atoms with E-state index in [1.54, 1.807) is 25.4 Å². The lowest BCUT2D eigenvalue weighted by Crippen LogP contribution is -2.18. The average molecular weight is 541 g/mol. The summed E-state index contributed by atoms with van der Waals surface area (Å²) in [5, 5.41) is 0.379. The lowest BCUT2D eigenvalue weighted by molar-refractivity contribution is 0.103. The van der Waals surface area contributed by atoms with Crippen molar-refractivity contribution < 1.29 is 22.0 Å². The summed E-state index contributed by atoms with van der Waals surface area (Å²) in [6.07, 6.45) is 8.10. The average Bonchev–Trinajstić information content (AvgIpc) is 3.29. The molecule has 0 spiro atoms. The lowest BCUT2D eigenvalue weighted by Gasteiger charge is -2.11. The number of hydrogen-bond donors (Lipinski definition) is 2. The van der Waals surface area contributed by atoms with E-state index >= 15 is 4.39 Å². The Hall–Kier alpha value is -3.66. The Balaban J connectivity index is 1.65. The number of pyridine rings is 2. The molecule has 200 valence electrons. The maximum atomic E-state index is 15.2. The van der Waals surface area contributed by atoms with Crippen molar-refractivity contribution in [2.45, 2.75) is 46.5 Å². The molecule has 10 heteroatoms. The number of anilines is 1. The normalized spacial score (nSPS) is 11.8. The molecule has 0 aliphatic rings. The predicted molar refractivity (Wildman–Crippen MR) is 145 cm³/mol. The molecule has 0 amide bonds. The van der Waals surface area contributed by atoms with Gasteiger partial charge in [0.15, 0.2) is 5.82 Å². The van der Waals surface area contributed by atoms with E-state index in [1.165, 1.54) is 6.20 Å². The first kappa shape index (κ1) is 27.4. The van der Waals surface area contributed by atoms with Crippen LogP contribution in [0.5, 0.6) is 0 Å². The van der Waals surface area contributed by atoms with Crippen LogP contribution in [-0.2, 0) is 16.4 Å². The van der Waals surface area contributed by atoms with Gasteiger partial charge < -0.3 is 4.98 Å². The van der Waals surface area contributed by atoms with Gasteiger partial charge in [0.25, 0.3) is 0 Å². The first-order valence-corrected chi connectivity index (χ1v) is 14.2. The standard InChI is InChI=1S/C28H30F2N4O3S/c1-4-12-38(36,37)34-24-11-10-23(29)25(26(24)30)27(35)22-16-33-28-21(22)13-19(15-32-28)18-8-9-20(31-14-18)7-5-6-17(2)3/h8-11,13-17,34H,4-7,12H2,1-3H3,(H,32,33). The zero-order valence-electron chi connectivity index (χ0n) is 21.5. The number of halogens is 2. The van der Waals surface area contributed by atoms with Crippen LogP contribution in [0.3, 0.4) is 0 Å². The topological polar surface area (TPSA) is 105 Å². The van der Waals surface area contributed by atoms with Gasteiger partial charge >= 0.3 is 0 Å². The van der Waals surface area contributed by atoms with Gasteiger partial charge in [-0.1, -0.05) is 33.3 Å². The Morgan fingerprint density at radius 2 is 1.84 bits per heavy atom. The summed E-state index contributed by atoms with van der Waals surface area (Å²) in [4.78, 5) is 25.1. The third kappa shape index (κ3) is 6.07. The summed E-state index contributed by atoms with van der Waals surface area (Å²) >= 11 is 0. The highest BCUT2D eigenvalue weighted by atomic mass is 32.2. The molecule has 0 aliphatic carbocycles. The third-order valence-corrected chi connectivity index (χ3v) is 7.68. The van der Waals surface area contributed by atoms with Crippen LogP contribution >= 0.6 is 0 Å². The maximum absolute atomic E-state index is 15.2. The number of rotatable bonds is 11. The van der Waals surface area contributed by atoms with E-state index in [1.807, 2.05) is 12.1 Å². The van der Waals surface area contributed by atoms with E-state index in [-0.39, 0.29) is 11.3 Å². The van der Waals surface area contributed by atoms with E-state index in [4.69, 9.17) is 0 Å². The summed E-state index contributed by atoms with van der Waals surface area (Å²) in [6.45, 7) is 6.04. The van der Waals surface area contributed by atoms with E-state index in [0.29, 0.717) is 28.9 Å². The van der Waals surface area contributed by atoms with Gasteiger partial charge in [-0.15, -0.1) is 0 Å². The van der Waals surface area contributed by atoms with Crippen LogP contribution in [0.1, 0.15) is 61.6 Å². The number of sulfonamides is 1. The molecule has 0 atom stereocenters. The molecule has 7 nitrogen and oxygen atoms in total. The Kier molecular flexibility index (Phi) is 8.20. The van der Waals surface area contributed by atoms with E-state index in [2.05, 4.69) is 33.5 Å². The number of carbonyl (C=O) groups excluding carboxylic acids is 1. The molecular weight excluding hydrogens is 510 g/mol. The molecule has 3 aromatic heterocycles. The number of benzene rings is 1. The van der Waals surface area contributed by atoms with Crippen LogP contribution in [0, 0.1) is 17.6 Å². The van der Waals surface area contributed by atoms with Gasteiger partial charge in [-0.2, -0.15) is 0 Å². The minimum Gasteiger partial charge on any atom is -0.345 e. The number of nitrogens with one attached hydrogen (secondary N) is 2. The van der Waals surface area contributed by atoms with Crippen molar-refractivity contribution in [1.82, 2.24) is 15.0 Å². The molecule has 3 heterocycles. The van der Waals surface area contributed by atoms with Crippen molar-refractivity contribution in [3.05, 3.63) is 77.4 Å². The summed E-state index contributed by atoms with van der Waals surface area (Å²) in [7, 11) is -3.85. The first-order valence-electron chi connectivity index (χ1n) is 12.5. The number of aryl methyl sites for hydroxylation is 1. The first-order chi connectivity index (χ1) is 18.1. The summed E-state index contributed by atoms with van der Waals surface area (Å²) in [5.41, 5.74) is 1.52. The molecule has 0 saturated heterocycles. The van der Waals surface area contributed by atoms with Gasteiger partial charge in [-0.25, -0.2) is 22.2 Å². The molecule has 0 aliphatic heterocycles. The summed E-state index contributed by atoms with van der Waals surface area (Å²) in [6, 6.07) is 7.43. The molecule has 0 unspecified atom stereocenters. The summed E-state index contributed by atoms with van der Waals surface area (Å²) in [5.74, 6) is -2.90. The fourth-order valence-electron chi connectivity index (χ4n) is 4.25. The van der Waals surface area contributed by atoms with E-state index < -0.39 is 38.7 Å². The van der Waals surface area contributed by atoms with Gasteiger partial charge in [0.05, 0.1) is 17.0 Å². The number of H-pyrrole nitrogens is 1. The van der Waals surface area contributed by atoms with Crippen molar-refractivity contribution in [1.29, 1.82) is 0 Å². The second-order valence-electron chi connectivity index (χ2n) is 9.68. The number of carbonyl (C=O) groups is 1. The van der Waals surface area contributed by atoms with Crippen molar-refractivity contribution in [3.8, 4) is 11.1 Å². The monoisotopic (exact) mass is 540 g/mol. The zero-order chi connectivity index (χ0) is 27.4. The number of hydrogen-bond acceptors (Lipinski definition) is 5. The number of ketones is 1. The van der Waals surface area contributed by atoms with Crippen molar-refractivity contribution >= 4 is 32.5 Å². The van der Waals surface area contributed by atoms with Gasteiger partial charge in [0, 0.05) is 46.4 Å². The largest absolute Gasteiger partial charge is 0.345 e. The third-order valence-electron chi connectivity index (χ3n) is 6.20. The molecule has 0 bridgehead atoms. The molecule has 0 saturated carbocycles. The number of fused-ring (bicyclic) bond motifs is 1. The van der Waals surface area contributed by atoms with Crippen LogP contribution in [0.2, 0.25) is 0 Å². The molecule has 0 radical (unpaired) electrons. The molecule has 1 aromatic carbocycles. The fourth-order valence-corrected chi connectivity index (χ4v) is 5.38. The molecule has 0 fully saturated rings. The smallest absolute Gasteiger partial charge is 0.232 e. The molecule has 4 rings (SSSR count). The van der Waals surface area contributed by atoms with Crippen molar-refractivity contribution in [2.24, 2.45) is 5.92 Å². The van der Waals surface area contributed by atoms with Crippen LogP contribution in [0.15, 0.2) is 48.9 Å². The van der Waals surface area contributed by atoms with Crippen LogP contribution in [-0.4, -0.2) is 34.9 Å². The van der Waals surface area contributed by atoms with Gasteiger partial charge in [0.1, 0.15) is 11.5 Å². The van der Waals surface area contributed by atoms with Crippen LogP contribution in [0.4, 0.5) is 14.5 Å². The number of nitrogens with zero attached hydrogens (tertiary/aromatic N) is 2. The van der Waals surface area contributed by atoms with Crippen LogP contribution in [0.25, 0.3) is 22.2 Å². The fraction of sp³-hybridized carbons (Fsp3) is 0.321. The van der Waals surface area contributed by atoms with Gasteiger partial charge in [0.2, 0.25) is 15.8 Å². The number of aromatic nitrogens is 3. The van der Waals surface area contributed by atoms with Gasteiger partial charge in [-0.3, -0.25) is 14.5 Å². The molecule has 38 heavy (non-hydrogen) atoms. The van der Waals surface area contributed by atoms with Crippen LogP contribution < -0.4 is 4.72 Å². The minimum absolute atomic E-state index is 0.0129. The Bertz CT molecular complexity index is 1570. The van der Waals surface area contributed by atoms with E-state index in [0.717, 1.165) is 42.7 Å². The van der Waals surface area contributed by atoms with E-state index in [9.17, 15) is 17.6 Å². The highest BCUT2D eigenvalue weighted by molar-refractivity contribution is 7.92. The molecular formula is C28H30F2N4O3S. The highest BCUT2D eigenvalue weighted by Crippen LogP contribution is 2.29. The number of aromatic amines is 1. The molecule has 4 aromatic rings. The minimum atomic E-state index is -3.85. The quantitative estimate of drug-likeness (QED) is 0.218. The Morgan fingerprint density at radius 3 is 2.53 bits per heavy atom. The highest BCUT2D eigenvalue weighted by Gasteiger charge is 2.26. The predicted octanol–water partition coefficient (Wildman–Crippen LogP) is 6.26. The Labute approximate surface area is 220 Å².